The Balaban J connectivity index is 1.80. The van der Waals surface area contributed by atoms with Crippen molar-refractivity contribution >= 4 is 28.4 Å². The number of amides is 1. The molecule has 2 atom stereocenters. The summed E-state index contributed by atoms with van der Waals surface area (Å²) < 4.78 is 13.4. The number of carbonyl (C=O) groups is 1. The van der Waals surface area contributed by atoms with Gasteiger partial charge in [-0.05, 0) is 17.7 Å². The van der Waals surface area contributed by atoms with Crippen molar-refractivity contribution in [3.05, 3.63) is 35.0 Å². The van der Waals surface area contributed by atoms with E-state index in [0.29, 0.717) is 5.02 Å². The molecule has 0 bridgehead atoms. The van der Waals surface area contributed by atoms with Crippen molar-refractivity contribution in [3.8, 4) is 0 Å². The van der Waals surface area contributed by atoms with Crippen molar-refractivity contribution in [1.29, 1.82) is 0 Å². The van der Waals surface area contributed by atoms with Gasteiger partial charge in [0.25, 0.3) is 0 Å². The van der Waals surface area contributed by atoms with Crippen LogP contribution in [0.25, 0.3) is 10.9 Å². The number of carbonyl (C=O) groups excluding carboxylic acids is 1. The van der Waals surface area contributed by atoms with E-state index in [0.717, 1.165) is 16.5 Å². The number of nitrogens with one attached hydrogen (secondary N) is 1. The Bertz CT molecular complexity index is 673. The van der Waals surface area contributed by atoms with Gasteiger partial charge in [0.15, 0.2) is 0 Å². The van der Waals surface area contributed by atoms with Crippen LogP contribution in [0, 0.1) is 0 Å². The maximum absolute atomic E-state index is 13.4. The standard InChI is InChI=1S/C15H16ClFN2O2/c16-10-1-2-13-9(6-18-14(13)4-10)3-15(21)19-7-11(17)5-12(19)8-20/h1-2,4,6,11-12,18,20H,3,5,7-8H2/t11-,12-/m0/s1. The Hall–Kier alpha value is -1.59. The second-order valence-electron chi connectivity index (χ2n) is 5.40. The molecule has 0 unspecified atom stereocenters. The zero-order valence-electron chi connectivity index (χ0n) is 11.4. The molecule has 1 saturated heterocycles. The predicted molar refractivity (Wildman–Crippen MR) is 79.1 cm³/mol. The van der Waals surface area contributed by atoms with Crippen molar-refractivity contribution in [1.82, 2.24) is 9.88 Å². The molecule has 0 spiro atoms. The molecule has 0 saturated carbocycles. The molecule has 4 nitrogen and oxygen atoms in total. The third-order valence-corrected chi connectivity index (χ3v) is 4.20. The van der Waals surface area contributed by atoms with Gasteiger partial charge in [-0.2, -0.15) is 0 Å². The molecule has 2 heterocycles. The summed E-state index contributed by atoms with van der Waals surface area (Å²) in [7, 11) is 0. The van der Waals surface area contributed by atoms with Crippen molar-refractivity contribution < 1.29 is 14.3 Å². The fourth-order valence-electron chi connectivity index (χ4n) is 2.91. The Kier molecular flexibility index (Phi) is 3.87. The molecule has 1 aliphatic rings. The molecule has 112 valence electrons. The van der Waals surface area contributed by atoms with Gasteiger partial charge in [0.2, 0.25) is 5.91 Å². The largest absolute Gasteiger partial charge is 0.394 e. The number of rotatable bonds is 3. The fourth-order valence-corrected chi connectivity index (χ4v) is 3.08. The highest BCUT2D eigenvalue weighted by atomic mass is 35.5. The zero-order chi connectivity index (χ0) is 15.0. The topological polar surface area (TPSA) is 56.3 Å². The summed E-state index contributed by atoms with van der Waals surface area (Å²) >= 11 is 5.93. The Morgan fingerprint density at radius 1 is 1.52 bits per heavy atom. The molecule has 0 aliphatic carbocycles. The Labute approximate surface area is 126 Å². The first kappa shape index (κ1) is 14.4. The van der Waals surface area contributed by atoms with Gasteiger partial charge in [-0.1, -0.05) is 17.7 Å². The molecule has 2 N–H and O–H groups in total. The number of H-pyrrole nitrogens is 1. The molecule has 1 amide bonds. The highest BCUT2D eigenvalue weighted by Gasteiger charge is 2.34. The molecule has 1 aliphatic heterocycles. The third kappa shape index (κ3) is 2.76. The van der Waals surface area contributed by atoms with E-state index in [4.69, 9.17) is 11.6 Å². The first-order valence-electron chi connectivity index (χ1n) is 6.88. The first-order valence-corrected chi connectivity index (χ1v) is 7.26. The SMILES string of the molecule is O=C(Cc1c[nH]c2cc(Cl)ccc12)N1C[C@@H](F)C[C@H]1CO. The van der Waals surface area contributed by atoms with Gasteiger partial charge in [0, 0.05) is 28.5 Å². The second kappa shape index (κ2) is 5.66. The van der Waals surface area contributed by atoms with Crippen LogP contribution in [-0.2, 0) is 11.2 Å². The van der Waals surface area contributed by atoms with Crippen LogP contribution in [0.1, 0.15) is 12.0 Å². The lowest BCUT2D eigenvalue weighted by Gasteiger charge is -2.22. The lowest BCUT2D eigenvalue weighted by Crippen LogP contribution is -2.38. The summed E-state index contributed by atoms with van der Waals surface area (Å²) in [4.78, 5) is 16.9. The number of aromatic amines is 1. The number of benzene rings is 1. The molecule has 0 radical (unpaired) electrons. The molecule has 6 heteroatoms. The molecular formula is C15H16ClFN2O2. The molecule has 1 fully saturated rings. The van der Waals surface area contributed by atoms with Crippen molar-refractivity contribution in [3.63, 3.8) is 0 Å². The van der Waals surface area contributed by atoms with Gasteiger partial charge < -0.3 is 15.0 Å². The number of hydrogen-bond acceptors (Lipinski definition) is 2. The van der Waals surface area contributed by atoms with Gasteiger partial charge in [0.05, 0.1) is 25.6 Å². The van der Waals surface area contributed by atoms with Crippen LogP contribution in [0.15, 0.2) is 24.4 Å². The summed E-state index contributed by atoms with van der Waals surface area (Å²) in [5.74, 6) is -0.162. The summed E-state index contributed by atoms with van der Waals surface area (Å²) in [6, 6.07) is 5.03. The molecule has 1 aromatic heterocycles. The summed E-state index contributed by atoms with van der Waals surface area (Å²) in [6.07, 6.45) is 1.12. The van der Waals surface area contributed by atoms with Crippen LogP contribution in [-0.4, -0.2) is 46.3 Å². The number of halogens is 2. The van der Waals surface area contributed by atoms with Gasteiger partial charge in [0.1, 0.15) is 6.17 Å². The minimum Gasteiger partial charge on any atom is -0.394 e. The van der Waals surface area contributed by atoms with Gasteiger partial charge >= 0.3 is 0 Å². The van der Waals surface area contributed by atoms with E-state index in [1.165, 1.54) is 4.90 Å². The number of nitrogens with zero attached hydrogens (tertiary/aromatic N) is 1. The molecular weight excluding hydrogens is 295 g/mol. The van der Waals surface area contributed by atoms with E-state index in [9.17, 15) is 14.3 Å². The minimum absolute atomic E-state index is 0.0677. The van der Waals surface area contributed by atoms with Gasteiger partial charge in [-0.15, -0.1) is 0 Å². The number of fused-ring (bicyclic) bond motifs is 1. The van der Waals surface area contributed by atoms with Crippen LogP contribution in [0.3, 0.4) is 0 Å². The van der Waals surface area contributed by atoms with E-state index in [-0.39, 0.29) is 31.9 Å². The smallest absolute Gasteiger partial charge is 0.227 e. The van der Waals surface area contributed by atoms with E-state index in [1.54, 1.807) is 18.3 Å². The van der Waals surface area contributed by atoms with E-state index >= 15 is 0 Å². The van der Waals surface area contributed by atoms with Crippen LogP contribution < -0.4 is 0 Å². The third-order valence-electron chi connectivity index (χ3n) is 3.97. The molecule has 21 heavy (non-hydrogen) atoms. The van der Waals surface area contributed by atoms with Crippen LogP contribution in [0.2, 0.25) is 5.02 Å². The van der Waals surface area contributed by atoms with Crippen LogP contribution >= 0.6 is 11.6 Å². The summed E-state index contributed by atoms with van der Waals surface area (Å²) in [5.41, 5.74) is 1.72. The molecule has 2 aromatic rings. The Morgan fingerprint density at radius 2 is 2.33 bits per heavy atom. The van der Waals surface area contributed by atoms with Crippen molar-refractivity contribution in [2.24, 2.45) is 0 Å². The normalized spacial score (nSPS) is 22.1. The zero-order valence-corrected chi connectivity index (χ0v) is 12.1. The number of alkyl halides is 1. The van der Waals surface area contributed by atoms with Crippen LogP contribution in [0.4, 0.5) is 4.39 Å². The minimum atomic E-state index is -1.05. The first-order chi connectivity index (χ1) is 10.1. The number of aliphatic hydroxyl groups excluding tert-OH is 1. The number of aromatic nitrogens is 1. The maximum Gasteiger partial charge on any atom is 0.227 e. The lowest BCUT2D eigenvalue weighted by molar-refractivity contribution is -0.132. The summed E-state index contributed by atoms with van der Waals surface area (Å²) in [6.45, 7) is -0.131. The van der Waals surface area contributed by atoms with Gasteiger partial charge in [-0.25, -0.2) is 4.39 Å². The number of hydrogen-bond donors (Lipinski definition) is 2. The van der Waals surface area contributed by atoms with E-state index in [1.807, 2.05) is 6.07 Å². The van der Waals surface area contributed by atoms with E-state index in [2.05, 4.69) is 4.98 Å². The average Bonchev–Trinajstić information content (AvgIpc) is 3.02. The maximum atomic E-state index is 13.4. The summed E-state index contributed by atoms with van der Waals surface area (Å²) in [5, 5.41) is 10.8. The van der Waals surface area contributed by atoms with Gasteiger partial charge in [-0.3, -0.25) is 4.79 Å². The highest BCUT2D eigenvalue weighted by molar-refractivity contribution is 6.31. The van der Waals surface area contributed by atoms with E-state index < -0.39 is 12.2 Å². The highest BCUT2D eigenvalue weighted by Crippen LogP contribution is 2.25. The average molecular weight is 311 g/mol. The number of aliphatic hydroxyl groups is 1. The molecule has 1 aromatic carbocycles. The Morgan fingerprint density at radius 3 is 3.10 bits per heavy atom. The predicted octanol–water partition coefficient (Wildman–Crippen LogP) is 2.30. The fraction of sp³-hybridized carbons (Fsp3) is 0.400. The van der Waals surface area contributed by atoms with Crippen molar-refractivity contribution in [2.45, 2.75) is 25.1 Å². The monoisotopic (exact) mass is 310 g/mol. The number of likely N-dealkylation sites (tertiary alicyclic amines) is 1. The quantitative estimate of drug-likeness (QED) is 0.914. The second-order valence-corrected chi connectivity index (χ2v) is 5.83. The lowest BCUT2D eigenvalue weighted by atomic mass is 10.1. The van der Waals surface area contributed by atoms with Crippen molar-refractivity contribution in [2.75, 3.05) is 13.2 Å². The molecule has 3 rings (SSSR count). The van der Waals surface area contributed by atoms with Crippen LogP contribution in [0.5, 0.6) is 0 Å².